The van der Waals surface area contributed by atoms with Gasteiger partial charge in [0.05, 0.1) is 11.3 Å². The van der Waals surface area contributed by atoms with Crippen LogP contribution in [0.15, 0.2) is 30.3 Å². The molecule has 0 saturated carbocycles. The molecule has 22 heavy (non-hydrogen) atoms. The van der Waals surface area contributed by atoms with Crippen LogP contribution in [0, 0.1) is 0 Å². The molecule has 116 valence electrons. The van der Waals surface area contributed by atoms with Crippen LogP contribution in [-0.4, -0.2) is 41.5 Å². The number of carbonyl (C=O) groups excluding carboxylic acids is 2. The summed E-state index contributed by atoms with van der Waals surface area (Å²) in [6, 6.07) is 7.37. The Labute approximate surface area is 130 Å². The SMILES string of the molecule is C/C=C1\c2ccccc2C(=O)N1OCC(=O)N1CCCCC1. The average Bonchev–Trinajstić information content (AvgIpc) is 2.85. The smallest absolute Gasteiger partial charge is 0.282 e. The van der Waals surface area contributed by atoms with E-state index >= 15 is 0 Å². The highest BCUT2D eigenvalue weighted by Crippen LogP contribution is 2.32. The van der Waals surface area contributed by atoms with Crippen LogP contribution in [0.1, 0.15) is 42.1 Å². The molecule has 0 aromatic heterocycles. The van der Waals surface area contributed by atoms with Crippen LogP contribution in [0.2, 0.25) is 0 Å². The molecule has 5 heteroatoms. The van der Waals surface area contributed by atoms with Crippen molar-refractivity contribution in [1.82, 2.24) is 9.96 Å². The van der Waals surface area contributed by atoms with Crippen molar-refractivity contribution in [2.75, 3.05) is 19.7 Å². The number of fused-ring (bicyclic) bond motifs is 1. The summed E-state index contributed by atoms with van der Waals surface area (Å²) < 4.78 is 0. The summed E-state index contributed by atoms with van der Waals surface area (Å²) in [5, 5.41) is 1.24. The summed E-state index contributed by atoms with van der Waals surface area (Å²) in [5.74, 6) is -0.269. The van der Waals surface area contributed by atoms with E-state index in [1.54, 1.807) is 6.07 Å². The zero-order chi connectivity index (χ0) is 15.5. The van der Waals surface area contributed by atoms with Gasteiger partial charge in [-0.2, -0.15) is 5.06 Å². The van der Waals surface area contributed by atoms with E-state index in [0.29, 0.717) is 11.3 Å². The van der Waals surface area contributed by atoms with Crippen molar-refractivity contribution in [3.05, 3.63) is 41.5 Å². The summed E-state index contributed by atoms with van der Waals surface area (Å²) in [7, 11) is 0. The molecule has 0 radical (unpaired) electrons. The van der Waals surface area contributed by atoms with Crippen LogP contribution in [0.5, 0.6) is 0 Å². The van der Waals surface area contributed by atoms with E-state index in [4.69, 9.17) is 4.84 Å². The first-order valence-corrected chi connectivity index (χ1v) is 7.73. The second kappa shape index (κ2) is 6.32. The van der Waals surface area contributed by atoms with Gasteiger partial charge in [0.25, 0.3) is 11.8 Å². The van der Waals surface area contributed by atoms with E-state index in [9.17, 15) is 9.59 Å². The monoisotopic (exact) mass is 300 g/mol. The van der Waals surface area contributed by atoms with Crippen LogP contribution in [0.3, 0.4) is 0 Å². The van der Waals surface area contributed by atoms with E-state index in [-0.39, 0.29) is 18.4 Å². The summed E-state index contributed by atoms with van der Waals surface area (Å²) in [4.78, 5) is 31.9. The standard InChI is InChI=1S/C17H20N2O3/c1-2-15-13-8-4-5-9-14(13)17(21)19(15)22-12-16(20)18-10-6-3-7-11-18/h2,4-5,8-9H,3,6-7,10-12H2,1H3/b15-2+. The van der Waals surface area contributed by atoms with Crippen molar-refractivity contribution in [2.45, 2.75) is 26.2 Å². The Balaban J connectivity index is 1.68. The number of hydroxylamine groups is 2. The van der Waals surface area contributed by atoms with Gasteiger partial charge in [0.2, 0.25) is 0 Å². The molecule has 2 heterocycles. The maximum absolute atomic E-state index is 12.4. The van der Waals surface area contributed by atoms with Crippen LogP contribution in [0.4, 0.5) is 0 Å². The molecule has 2 aliphatic rings. The van der Waals surface area contributed by atoms with Gasteiger partial charge >= 0.3 is 0 Å². The highest BCUT2D eigenvalue weighted by Gasteiger charge is 2.33. The molecule has 0 spiro atoms. The van der Waals surface area contributed by atoms with Crippen molar-refractivity contribution in [1.29, 1.82) is 0 Å². The van der Waals surface area contributed by atoms with E-state index in [1.165, 1.54) is 11.5 Å². The normalized spacial score (nSPS) is 19.7. The topological polar surface area (TPSA) is 49.9 Å². The van der Waals surface area contributed by atoms with Crippen molar-refractivity contribution < 1.29 is 14.4 Å². The molecule has 2 aliphatic heterocycles. The molecule has 1 saturated heterocycles. The number of benzene rings is 1. The number of likely N-dealkylation sites (tertiary alicyclic amines) is 1. The molecule has 2 amide bonds. The van der Waals surface area contributed by atoms with Crippen LogP contribution >= 0.6 is 0 Å². The van der Waals surface area contributed by atoms with Crippen molar-refractivity contribution in [3.63, 3.8) is 0 Å². The molecule has 0 atom stereocenters. The highest BCUT2D eigenvalue weighted by molar-refractivity contribution is 6.08. The molecular formula is C17H20N2O3. The molecule has 1 aromatic carbocycles. The van der Waals surface area contributed by atoms with Crippen molar-refractivity contribution in [3.8, 4) is 0 Å². The third kappa shape index (κ3) is 2.64. The lowest BCUT2D eigenvalue weighted by Gasteiger charge is -2.27. The number of rotatable bonds is 3. The summed E-state index contributed by atoms with van der Waals surface area (Å²) in [6.07, 6.45) is 5.09. The third-order valence-corrected chi connectivity index (χ3v) is 4.14. The van der Waals surface area contributed by atoms with Crippen molar-refractivity contribution >= 4 is 17.5 Å². The lowest BCUT2D eigenvalue weighted by Crippen LogP contribution is -2.39. The molecular weight excluding hydrogens is 280 g/mol. The minimum atomic E-state index is -0.213. The van der Waals surface area contributed by atoms with E-state index in [2.05, 4.69) is 0 Å². The fourth-order valence-electron chi connectivity index (χ4n) is 2.98. The molecule has 0 bridgehead atoms. The van der Waals surface area contributed by atoms with Crippen LogP contribution < -0.4 is 0 Å². The molecule has 1 aromatic rings. The van der Waals surface area contributed by atoms with Gasteiger partial charge in [-0.1, -0.05) is 24.3 Å². The summed E-state index contributed by atoms with van der Waals surface area (Å²) in [5.41, 5.74) is 2.16. The Bertz CT molecular complexity index is 618. The quantitative estimate of drug-likeness (QED) is 0.861. The number of nitrogens with zero attached hydrogens (tertiary/aromatic N) is 2. The second-order valence-corrected chi connectivity index (χ2v) is 5.53. The number of piperidine rings is 1. The second-order valence-electron chi connectivity index (χ2n) is 5.53. The number of amides is 2. The van der Waals surface area contributed by atoms with E-state index in [1.807, 2.05) is 36.1 Å². The molecule has 0 unspecified atom stereocenters. The largest absolute Gasteiger partial charge is 0.341 e. The van der Waals surface area contributed by atoms with Gasteiger partial charge < -0.3 is 4.90 Å². The zero-order valence-electron chi connectivity index (χ0n) is 12.7. The van der Waals surface area contributed by atoms with E-state index < -0.39 is 0 Å². The predicted molar refractivity (Wildman–Crippen MR) is 82.6 cm³/mol. The van der Waals surface area contributed by atoms with Gasteiger partial charge in [0.1, 0.15) is 0 Å². The van der Waals surface area contributed by atoms with Crippen LogP contribution in [0.25, 0.3) is 5.70 Å². The number of hydrogen-bond acceptors (Lipinski definition) is 3. The lowest BCUT2D eigenvalue weighted by atomic mass is 10.1. The van der Waals surface area contributed by atoms with Crippen LogP contribution in [-0.2, 0) is 9.63 Å². The van der Waals surface area contributed by atoms with Gasteiger partial charge in [-0.25, -0.2) is 0 Å². The predicted octanol–water partition coefficient (Wildman–Crippen LogP) is 2.45. The molecule has 3 rings (SSSR count). The Morgan fingerprint density at radius 2 is 1.86 bits per heavy atom. The maximum atomic E-state index is 12.4. The first-order valence-electron chi connectivity index (χ1n) is 7.73. The van der Waals surface area contributed by atoms with Gasteiger partial charge in [-0.05, 0) is 32.3 Å². The average molecular weight is 300 g/mol. The number of hydrogen-bond donors (Lipinski definition) is 0. The van der Waals surface area contributed by atoms with Gasteiger partial charge in [-0.15, -0.1) is 0 Å². The Kier molecular flexibility index (Phi) is 4.24. The Hall–Kier alpha value is -2.14. The third-order valence-electron chi connectivity index (χ3n) is 4.14. The number of allylic oxidation sites excluding steroid dienone is 1. The number of carbonyl (C=O) groups is 2. The Morgan fingerprint density at radius 1 is 1.18 bits per heavy atom. The molecule has 5 nitrogen and oxygen atoms in total. The maximum Gasteiger partial charge on any atom is 0.282 e. The zero-order valence-corrected chi connectivity index (χ0v) is 12.7. The lowest BCUT2D eigenvalue weighted by molar-refractivity contribution is -0.148. The van der Waals surface area contributed by atoms with E-state index in [0.717, 1.165) is 31.5 Å². The summed E-state index contributed by atoms with van der Waals surface area (Å²) >= 11 is 0. The van der Waals surface area contributed by atoms with Gasteiger partial charge in [0.15, 0.2) is 6.61 Å². The Morgan fingerprint density at radius 3 is 2.55 bits per heavy atom. The van der Waals surface area contributed by atoms with Crippen molar-refractivity contribution in [2.24, 2.45) is 0 Å². The fourth-order valence-corrected chi connectivity index (χ4v) is 2.98. The summed E-state index contributed by atoms with van der Waals surface area (Å²) in [6.45, 7) is 3.32. The fraction of sp³-hybridized carbons (Fsp3) is 0.412. The first-order chi connectivity index (χ1) is 10.7. The highest BCUT2D eigenvalue weighted by atomic mass is 16.7. The molecule has 0 N–H and O–H groups in total. The molecule has 1 fully saturated rings. The minimum Gasteiger partial charge on any atom is -0.341 e. The van der Waals surface area contributed by atoms with Gasteiger partial charge in [0, 0.05) is 18.7 Å². The van der Waals surface area contributed by atoms with Gasteiger partial charge in [-0.3, -0.25) is 14.4 Å². The first kappa shape index (κ1) is 14.8. The molecule has 0 aliphatic carbocycles. The minimum absolute atomic E-state index is 0.0566.